The molecule has 1 saturated heterocycles. The maximum Gasteiger partial charge on any atom is 0.283 e. The molecular formula is C15H23BrN4O. The fourth-order valence-corrected chi connectivity index (χ4v) is 3.61. The Balaban J connectivity index is 1.71. The number of piperidine rings is 1. The number of aromatic nitrogens is 2. The molecule has 2 fully saturated rings. The summed E-state index contributed by atoms with van der Waals surface area (Å²) in [4.78, 5) is 14.6. The van der Waals surface area contributed by atoms with Crippen LogP contribution in [0.25, 0.3) is 0 Å². The molecule has 1 aliphatic carbocycles. The fourth-order valence-electron chi connectivity index (χ4n) is 3.05. The average molecular weight is 355 g/mol. The van der Waals surface area contributed by atoms with Crippen LogP contribution in [0.15, 0.2) is 15.5 Å². The number of rotatable bonds is 5. The SMILES string of the molecule is NCCC1CCN(c2cnn(CC3CC3)c(=O)c2Br)CC1. The molecule has 6 heteroatoms. The topological polar surface area (TPSA) is 64.2 Å². The molecular weight excluding hydrogens is 332 g/mol. The Morgan fingerprint density at radius 3 is 2.57 bits per heavy atom. The van der Waals surface area contributed by atoms with Crippen molar-refractivity contribution >= 4 is 21.6 Å². The van der Waals surface area contributed by atoms with Gasteiger partial charge in [0.1, 0.15) is 4.47 Å². The van der Waals surface area contributed by atoms with E-state index in [1.54, 1.807) is 4.68 Å². The van der Waals surface area contributed by atoms with Crippen molar-refractivity contribution in [2.24, 2.45) is 17.6 Å². The van der Waals surface area contributed by atoms with Crippen molar-refractivity contribution in [1.82, 2.24) is 9.78 Å². The van der Waals surface area contributed by atoms with Crippen LogP contribution in [0.1, 0.15) is 32.1 Å². The van der Waals surface area contributed by atoms with Crippen LogP contribution in [-0.2, 0) is 6.54 Å². The number of anilines is 1. The first-order chi connectivity index (χ1) is 10.2. The molecule has 1 aromatic heterocycles. The second kappa shape index (κ2) is 6.48. The predicted octanol–water partition coefficient (Wildman–Crippen LogP) is 1.98. The summed E-state index contributed by atoms with van der Waals surface area (Å²) in [5.41, 5.74) is 6.58. The van der Waals surface area contributed by atoms with Crippen LogP contribution in [0.2, 0.25) is 0 Å². The number of hydrogen-bond donors (Lipinski definition) is 1. The minimum Gasteiger partial charge on any atom is -0.369 e. The van der Waals surface area contributed by atoms with Gasteiger partial charge in [-0.1, -0.05) is 0 Å². The van der Waals surface area contributed by atoms with Gasteiger partial charge in [0, 0.05) is 19.6 Å². The summed E-state index contributed by atoms with van der Waals surface area (Å²) in [5.74, 6) is 1.38. The standard InChI is InChI=1S/C15H23BrN4O/c16-14-13(19-7-4-11(3-6-17)5-8-19)9-18-20(15(14)21)10-12-1-2-12/h9,11-12H,1-8,10,17H2. The van der Waals surface area contributed by atoms with Crippen LogP contribution >= 0.6 is 15.9 Å². The molecule has 0 radical (unpaired) electrons. The van der Waals surface area contributed by atoms with Crippen molar-refractivity contribution in [3.63, 3.8) is 0 Å². The largest absolute Gasteiger partial charge is 0.369 e. The van der Waals surface area contributed by atoms with Gasteiger partial charge in [-0.15, -0.1) is 0 Å². The lowest BCUT2D eigenvalue weighted by molar-refractivity contribution is 0.385. The van der Waals surface area contributed by atoms with Crippen molar-refractivity contribution in [3.05, 3.63) is 21.0 Å². The van der Waals surface area contributed by atoms with Crippen LogP contribution in [0.3, 0.4) is 0 Å². The fraction of sp³-hybridized carbons (Fsp3) is 0.733. The monoisotopic (exact) mass is 354 g/mol. The smallest absolute Gasteiger partial charge is 0.283 e. The number of hydrogen-bond acceptors (Lipinski definition) is 4. The number of halogens is 1. The minimum absolute atomic E-state index is 0.00322. The normalized spacial score (nSPS) is 20.0. The van der Waals surface area contributed by atoms with Crippen LogP contribution < -0.4 is 16.2 Å². The molecule has 1 aromatic rings. The van der Waals surface area contributed by atoms with Crippen LogP contribution in [-0.4, -0.2) is 29.4 Å². The lowest BCUT2D eigenvalue weighted by atomic mass is 9.93. The molecule has 3 rings (SSSR count). The van der Waals surface area contributed by atoms with Crippen molar-refractivity contribution in [3.8, 4) is 0 Å². The average Bonchev–Trinajstić information content (AvgIpc) is 3.30. The summed E-state index contributed by atoms with van der Waals surface area (Å²) < 4.78 is 2.27. The van der Waals surface area contributed by atoms with Gasteiger partial charge >= 0.3 is 0 Å². The molecule has 0 amide bonds. The second-order valence-electron chi connectivity index (χ2n) is 6.28. The zero-order valence-electron chi connectivity index (χ0n) is 12.3. The van der Waals surface area contributed by atoms with Gasteiger partial charge in [0.05, 0.1) is 11.9 Å². The first-order valence-electron chi connectivity index (χ1n) is 7.89. The number of nitrogens with two attached hydrogens (primary N) is 1. The lowest BCUT2D eigenvalue weighted by Gasteiger charge is -2.33. The van der Waals surface area contributed by atoms with Gasteiger partial charge < -0.3 is 10.6 Å². The Labute approximate surface area is 133 Å². The van der Waals surface area contributed by atoms with Crippen LogP contribution in [0, 0.1) is 11.8 Å². The zero-order chi connectivity index (χ0) is 14.8. The Kier molecular flexibility index (Phi) is 4.64. The molecule has 0 bridgehead atoms. The van der Waals surface area contributed by atoms with Crippen molar-refractivity contribution in [2.75, 3.05) is 24.5 Å². The van der Waals surface area contributed by atoms with Gasteiger partial charge in [0.25, 0.3) is 5.56 Å². The molecule has 0 aromatic carbocycles. The van der Waals surface area contributed by atoms with E-state index >= 15 is 0 Å². The van der Waals surface area contributed by atoms with Crippen molar-refractivity contribution in [2.45, 2.75) is 38.6 Å². The van der Waals surface area contributed by atoms with Crippen LogP contribution in [0.5, 0.6) is 0 Å². The first-order valence-corrected chi connectivity index (χ1v) is 8.69. The third kappa shape index (κ3) is 3.48. The molecule has 0 spiro atoms. The van der Waals surface area contributed by atoms with Crippen LogP contribution in [0.4, 0.5) is 5.69 Å². The summed E-state index contributed by atoms with van der Waals surface area (Å²) in [6.45, 7) is 3.50. The second-order valence-corrected chi connectivity index (χ2v) is 7.08. The third-order valence-electron chi connectivity index (χ3n) is 4.62. The van der Waals surface area contributed by atoms with E-state index in [0.717, 1.165) is 57.0 Å². The van der Waals surface area contributed by atoms with E-state index in [-0.39, 0.29) is 5.56 Å². The van der Waals surface area contributed by atoms with Gasteiger partial charge in [-0.3, -0.25) is 4.79 Å². The quantitative estimate of drug-likeness (QED) is 0.877. The van der Waals surface area contributed by atoms with E-state index in [1.165, 1.54) is 12.8 Å². The van der Waals surface area contributed by atoms with Gasteiger partial charge in [-0.05, 0) is 66.4 Å². The maximum atomic E-state index is 12.4. The molecule has 116 valence electrons. The van der Waals surface area contributed by atoms with E-state index in [2.05, 4.69) is 25.9 Å². The summed E-state index contributed by atoms with van der Waals surface area (Å²) in [7, 11) is 0. The van der Waals surface area contributed by atoms with Gasteiger partial charge in [-0.25, -0.2) is 4.68 Å². The van der Waals surface area contributed by atoms with E-state index in [1.807, 2.05) is 6.20 Å². The molecule has 0 atom stereocenters. The molecule has 1 aliphatic heterocycles. The van der Waals surface area contributed by atoms with E-state index in [0.29, 0.717) is 10.4 Å². The highest BCUT2D eigenvalue weighted by atomic mass is 79.9. The minimum atomic E-state index is 0.00322. The highest BCUT2D eigenvalue weighted by Gasteiger charge is 2.25. The van der Waals surface area contributed by atoms with Crippen molar-refractivity contribution < 1.29 is 0 Å². The Hall–Kier alpha value is -0.880. The third-order valence-corrected chi connectivity index (χ3v) is 5.37. The highest BCUT2D eigenvalue weighted by molar-refractivity contribution is 9.10. The van der Waals surface area contributed by atoms with Gasteiger partial charge in [0.2, 0.25) is 0 Å². The summed E-state index contributed by atoms with van der Waals surface area (Å²) in [5, 5.41) is 4.36. The number of nitrogens with zero attached hydrogens (tertiary/aromatic N) is 3. The summed E-state index contributed by atoms with van der Waals surface area (Å²) in [6.07, 6.45) is 7.70. The highest BCUT2D eigenvalue weighted by Crippen LogP contribution is 2.31. The van der Waals surface area contributed by atoms with Gasteiger partial charge in [0.15, 0.2) is 0 Å². The van der Waals surface area contributed by atoms with E-state index < -0.39 is 0 Å². The lowest BCUT2D eigenvalue weighted by Crippen LogP contribution is -2.36. The Bertz CT molecular complexity index is 547. The molecule has 5 nitrogen and oxygen atoms in total. The maximum absolute atomic E-state index is 12.4. The molecule has 2 aliphatic rings. The Morgan fingerprint density at radius 1 is 1.24 bits per heavy atom. The molecule has 1 saturated carbocycles. The van der Waals surface area contributed by atoms with Gasteiger partial charge in [-0.2, -0.15) is 5.10 Å². The van der Waals surface area contributed by atoms with Crippen molar-refractivity contribution in [1.29, 1.82) is 0 Å². The van der Waals surface area contributed by atoms with E-state index in [9.17, 15) is 4.79 Å². The molecule has 21 heavy (non-hydrogen) atoms. The summed E-state index contributed by atoms with van der Waals surface area (Å²) in [6, 6.07) is 0. The Morgan fingerprint density at radius 2 is 1.95 bits per heavy atom. The summed E-state index contributed by atoms with van der Waals surface area (Å²) >= 11 is 3.49. The molecule has 2 N–H and O–H groups in total. The zero-order valence-corrected chi connectivity index (χ0v) is 13.9. The molecule has 2 heterocycles. The molecule has 0 unspecified atom stereocenters. The van der Waals surface area contributed by atoms with E-state index in [4.69, 9.17) is 5.73 Å². The first kappa shape index (κ1) is 15.0. The predicted molar refractivity (Wildman–Crippen MR) is 87.5 cm³/mol.